The van der Waals surface area contributed by atoms with E-state index in [1.807, 2.05) is 53.7 Å². The third-order valence-electron chi connectivity index (χ3n) is 10.9. The highest BCUT2D eigenvalue weighted by atomic mass is 16.7. The number of hydrogen-bond acceptors (Lipinski definition) is 7. The minimum absolute atomic E-state index is 0.0302. The Bertz CT molecular complexity index is 1240. The molecule has 5 atom stereocenters. The predicted molar refractivity (Wildman–Crippen MR) is 169 cm³/mol. The number of pyridine rings is 2. The summed E-state index contributed by atoms with van der Waals surface area (Å²) in [6, 6.07) is 12.0. The molecule has 4 heterocycles. The van der Waals surface area contributed by atoms with E-state index in [4.69, 9.17) is 9.31 Å². The molecule has 44 heavy (non-hydrogen) atoms. The Balaban J connectivity index is 0.914. The van der Waals surface area contributed by atoms with Crippen molar-refractivity contribution in [3.8, 4) is 0 Å². The van der Waals surface area contributed by atoms with Gasteiger partial charge in [0.05, 0.1) is 35.6 Å². The molecule has 2 bridgehead atoms. The SMILES string of the molecule is CC1(C)C2C[C@@H]1C[C@H]1OB(C3CCCN3C(=O)CNC(=O)CCCCCN(Cc3ccccn3)Cc3ccccn3)O[C@@]21C. The number of hydrogen-bond donors (Lipinski definition) is 1. The summed E-state index contributed by atoms with van der Waals surface area (Å²) in [6.07, 6.45) is 10.9. The number of nitrogens with one attached hydrogen (secondary N) is 1. The molecular weight excluding hydrogens is 553 g/mol. The molecule has 3 aliphatic carbocycles. The van der Waals surface area contributed by atoms with Crippen LogP contribution in [0.3, 0.4) is 0 Å². The van der Waals surface area contributed by atoms with Crippen LogP contribution in [-0.2, 0) is 32.0 Å². The van der Waals surface area contributed by atoms with Crippen LogP contribution in [0.15, 0.2) is 48.8 Å². The second kappa shape index (κ2) is 13.3. The maximum Gasteiger partial charge on any atom is 0.481 e. The lowest BCUT2D eigenvalue weighted by Gasteiger charge is -2.64. The molecule has 236 valence electrons. The largest absolute Gasteiger partial charge is 0.481 e. The molecule has 9 nitrogen and oxygen atoms in total. The Hall–Kier alpha value is -2.82. The molecule has 0 aromatic carbocycles. The molecule has 2 aliphatic heterocycles. The van der Waals surface area contributed by atoms with Gasteiger partial charge < -0.3 is 19.5 Å². The van der Waals surface area contributed by atoms with Gasteiger partial charge in [0.15, 0.2) is 0 Å². The molecule has 7 rings (SSSR count). The molecule has 5 fully saturated rings. The van der Waals surface area contributed by atoms with E-state index in [1.54, 1.807) is 0 Å². The van der Waals surface area contributed by atoms with Gasteiger partial charge >= 0.3 is 7.12 Å². The average Bonchev–Trinajstić information content (AvgIpc) is 3.65. The van der Waals surface area contributed by atoms with Crippen LogP contribution in [0.4, 0.5) is 0 Å². The number of aromatic nitrogens is 2. The second-order valence-electron chi connectivity index (χ2n) is 14.1. The highest BCUT2D eigenvalue weighted by molar-refractivity contribution is 6.48. The standard InChI is InChI=1S/C34H48BN5O4/c1-33(2)25-20-28(33)34(3)29(21-25)43-35(44-34)30-14-11-19-40(30)32(42)22-38-31(41)15-5-4-10-18-39(23-26-12-6-8-16-36-26)24-27-13-7-9-17-37-27/h6-9,12-13,16-17,25,28-30H,4-5,10-11,14-15,18-24H2,1-3H3,(H,38,41)/t25-,28?,29-,30?,34+/m1/s1. The fraction of sp³-hybridized carbons (Fsp3) is 0.647. The molecular formula is C34H48BN5O4. The van der Waals surface area contributed by atoms with Crippen LogP contribution in [0.2, 0.25) is 0 Å². The van der Waals surface area contributed by atoms with E-state index in [1.165, 1.54) is 6.42 Å². The zero-order chi connectivity index (χ0) is 30.7. The molecule has 2 aromatic rings. The first-order valence-corrected chi connectivity index (χ1v) is 16.7. The Kier molecular flexibility index (Phi) is 9.40. The number of amides is 2. The van der Waals surface area contributed by atoms with E-state index in [0.29, 0.717) is 24.8 Å². The fourth-order valence-electron chi connectivity index (χ4n) is 8.27. The van der Waals surface area contributed by atoms with Crippen molar-refractivity contribution in [1.29, 1.82) is 0 Å². The van der Waals surface area contributed by atoms with Crippen LogP contribution >= 0.6 is 0 Å². The van der Waals surface area contributed by atoms with Crippen molar-refractivity contribution >= 4 is 18.9 Å². The quantitative estimate of drug-likeness (QED) is 0.268. The second-order valence-corrected chi connectivity index (χ2v) is 14.1. The number of unbranched alkanes of at least 4 members (excludes halogenated alkanes) is 2. The fourth-order valence-corrected chi connectivity index (χ4v) is 8.27. The summed E-state index contributed by atoms with van der Waals surface area (Å²) in [5.41, 5.74) is 2.08. The molecule has 2 amide bonds. The van der Waals surface area contributed by atoms with Crippen LogP contribution in [0.5, 0.6) is 0 Å². The van der Waals surface area contributed by atoms with Crippen molar-refractivity contribution < 1.29 is 18.9 Å². The summed E-state index contributed by atoms with van der Waals surface area (Å²) >= 11 is 0. The topological polar surface area (TPSA) is 96.9 Å². The van der Waals surface area contributed by atoms with Crippen LogP contribution in [0.1, 0.15) is 83.5 Å². The highest BCUT2D eigenvalue weighted by Crippen LogP contribution is 2.65. The molecule has 2 aromatic heterocycles. The number of likely N-dealkylation sites (tertiary alicyclic amines) is 1. The molecule has 10 heteroatoms. The van der Waals surface area contributed by atoms with Crippen molar-refractivity contribution in [3.63, 3.8) is 0 Å². The molecule has 0 spiro atoms. The Morgan fingerprint density at radius 2 is 1.75 bits per heavy atom. The summed E-state index contributed by atoms with van der Waals surface area (Å²) in [5, 5.41) is 2.88. The van der Waals surface area contributed by atoms with Gasteiger partial charge in [-0.05, 0) is 93.5 Å². The Morgan fingerprint density at radius 1 is 1.02 bits per heavy atom. The number of carbonyl (C=O) groups excluding carboxylic acids is 2. The Morgan fingerprint density at radius 3 is 2.41 bits per heavy atom. The third-order valence-corrected chi connectivity index (χ3v) is 10.9. The lowest BCUT2D eigenvalue weighted by atomic mass is 9.43. The lowest BCUT2D eigenvalue weighted by Crippen LogP contribution is -2.65. The first-order chi connectivity index (χ1) is 21.2. The van der Waals surface area contributed by atoms with Gasteiger partial charge in [0.25, 0.3) is 0 Å². The van der Waals surface area contributed by atoms with Gasteiger partial charge in [-0.25, -0.2) is 0 Å². The first kappa shape index (κ1) is 31.2. The maximum absolute atomic E-state index is 13.2. The van der Waals surface area contributed by atoms with Crippen LogP contribution in [0.25, 0.3) is 0 Å². The van der Waals surface area contributed by atoms with Gasteiger partial charge in [0.2, 0.25) is 11.8 Å². The monoisotopic (exact) mass is 601 g/mol. The van der Waals surface area contributed by atoms with Gasteiger partial charge in [0.1, 0.15) is 0 Å². The van der Waals surface area contributed by atoms with Crippen molar-refractivity contribution in [2.75, 3.05) is 19.6 Å². The lowest BCUT2D eigenvalue weighted by molar-refractivity contribution is -0.199. The summed E-state index contributed by atoms with van der Waals surface area (Å²) in [7, 11) is -0.378. The normalized spacial score (nSPS) is 28.5. The van der Waals surface area contributed by atoms with E-state index in [-0.39, 0.29) is 48.5 Å². The molecule has 0 radical (unpaired) electrons. The number of nitrogens with zero attached hydrogens (tertiary/aromatic N) is 4. The number of rotatable bonds is 13. The van der Waals surface area contributed by atoms with Gasteiger partial charge in [-0.3, -0.25) is 24.5 Å². The zero-order valence-electron chi connectivity index (χ0n) is 26.6. The molecule has 3 saturated carbocycles. The number of carbonyl (C=O) groups is 2. The van der Waals surface area contributed by atoms with E-state index >= 15 is 0 Å². The van der Waals surface area contributed by atoms with Crippen LogP contribution in [-0.4, -0.2) is 76.0 Å². The highest BCUT2D eigenvalue weighted by Gasteiger charge is 2.69. The maximum atomic E-state index is 13.2. The van der Waals surface area contributed by atoms with E-state index in [9.17, 15) is 9.59 Å². The van der Waals surface area contributed by atoms with Crippen molar-refractivity contribution in [1.82, 2.24) is 25.1 Å². The van der Waals surface area contributed by atoms with Gasteiger partial charge in [0, 0.05) is 38.4 Å². The summed E-state index contributed by atoms with van der Waals surface area (Å²) in [4.78, 5) is 39.1. The van der Waals surface area contributed by atoms with E-state index < -0.39 is 0 Å². The minimum Gasteiger partial charge on any atom is -0.404 e. The van der Waals surface area contributed by atoms with Crippen molar-refractivity contribution in [3.05, 3.63) is 60.2 Å². The minimum atomic E-state index is -0.378. The smallest absolute Gasteiger partial charge is 0.404 e. The Labute approximate surface area is 262 Å². The summed E-state index contributed by atoms with van der Waals surface area (Å²) in [6.45, 7) is 10.1. The summed E-state index contributed by atoms with van der Waals surface area (Å²) in [5.74, 6) is 1.00. The first-order valence-electron chi connectivity index (χ1n) is 16.7. The van der Waals surface area contributed by atoms with Gasteiger partial charge in [-0.1, -0.05) is 32.4 Å². The van der Waals surface area contributed by atoms with Crippen molar-refractivity contribution in [2.45, 2.75) is 103 Å². The van der Waals surface area contributed by atoms with Crippen molar-refractivity contribution in [2.24, 2.45) is 17.3 Å². The molecule has 5 aliphatic rings. The molecule has 2 saturated heterocycles. The van der Waals surface area contributed by atoms with Gasteiger partial charge in [-0.15, -0.1) is 0 Å². The molecule has 2 unspecified atom stereocenters. The third kappa shape index (κ3) is 6.58. The predicted octanol–water partition coefficient (Wildman–Crippen LogP) is 4.41. The van der Waals surface area contributed by atoms with E-state index in [2.05, 4.69) is 41.0 Å². The van der Waals surface area contributed by atoms with E-state index in [0.717, 1.165) is 69.5 Å². The van der Waals surface area contributed by atoms with Crippen LogP contribution in [0, 0.1) is 17.3 Å². The molecule has 1 N–H and O–H groups in total. The zero-order valence-corrected chi connectivity index (χ0v) is 26.6. The van der Waals surface area contributed by atoms with Crippen LogP contribution < -0.4 is 5.32 Å². The summed E-state index contributed by atoms with van der Waals surface area (Å²) < 4.78 is 13.2. The average molecular weight is 602 g/mol. The van der Waals surface area contributed by atoms with Gasteiger partial charge in [-0.2, -0.15) is 0 Å².